The van der Waals surface area contributed by atoms with Crippen LogP contribution in [-0.4, -0.2) is 0 Å². The number of anilines is 1. The van der Waals surface area contributed by atoms with Crippen LogP contribution in [0.1, 0.15) is 11.1 Å². The highest BCUT2D eigenvalue weighted by Crippen LogP contribution is 2.27. The van der Waals surface area contributed by atoms with E-state index in [4.69, 9.17) is 39.5 Å². The Morgan fingerprint density at radius 1 is 0.846 bits per heavy atom. The molecule has 0 bridgehead atoms. The van der Waals surface area contributed by atoms with Gasteiger partial charge in [-0.1, -0.05) is 56.8 Å². The number of rotatable bonds is 6. The maximum Gasteiger partial charge on any atom is 0.124 e. The highest BCUT2D eigenvalue weighted by atomic mass is 79.9. The molecular formula is C20H15BrCl3NO. The number of halogens is 4. The first-order valence-corrected chi connectivity index (χ1v) is 9.78. The van der Waals surface area contributed by atoms with Crippen molar-refractivity contribution in [2.75, 3.05) is 5.32 Å². The lowest BCUT2D eigenvalue weighted by Gasteiger charge is -2.14. The summed E-state index contributed by atoms with van der Waals surface area (Å²) in [4.78, 5) is 0. The topological polar surface area (TPSA) is 21.3 Å². The maximum atomic E-state index is 6.15. The van der Waals surface area contributed by atoms with Crippen molar-refractivity contribution in [3.63, 3.8) is 0 Å². The predicted octanol–water partition coefficient (Wildman–Crippen LogP) is 7.60. The first-order valence-electron chi connectivity index (χ1n) is 7.86. The van der Waals surface area contributed by atoms with E-state index >= 15 is 0 Å². The molecule has 2 nitrogen and oxygen atoms in total. The SMILES string of the molecule is Clc1ccc(OCc2ccc(Cl)c(Cl)c2)c(CNc2ccc(Br)cc2)c1. The van der Waals surface area contributed by atoms with Crippen molar-refractivity contribution in [1.29, 1.82) is 0 Å². The molecule has 0 aliphatic rings. The molecule has 0 spiro atoms. The van der Waals surface area contributed by atoms with Gasteiger partial charge in [-0.15, -0.1) is 0 Å². The number of ether oxygens (including phenoxy) is 1. The molecule has 3 aromatic carbocycles. The molecule has 0 aliphatic heterocycles. The molecule has 26 heavy (non-hydrogen) atoms. The van der Waals surface area contributed by atoms with E-state index in [1.54, 1.807) is 12.1 Å². The van der Waals surface area contributed by atoms with Crippen molar-refractivity contribution in [2.24, 2.45) is 0 Å². The summed E-state index contributed by atoms with van der Waals surface area (Å²) in [6, 6.07) is 19.0. The number of hydrogen-bond donors (Lipinski definition) is 1. The molecule has 0 unspecified atom stereocenters. The van der Waals surface area contributed by atoms with Gasteiger partial charge in [0.15, 0.2) is 0 Å². The fraction of sp³-hybridized carbons (Fsp3) is 0.100. The Labute approximate surface area is 176 Å². The van der Waals surface area contributed by atoms with Crippen molar-refractivity contribution < 1.29 is 4.74 Å². The summed E-state index contributed by atoms with van der Waals surface area (Å²) < 4.78 is 7.01. The number of hydrogen-bond acceptors (Lipinski definition) is 2. The molecule has 6 heteroatoms. The molecule has 0 radical (unpaired) electrons. The maximum absolute atomic E-state index is 6.15. The summed E-state index contributed by atoms with van der Waals surface area (Å²) in [7, 11) is 0. The van der Waals surface area contributed by atoms with Gasteiger partial charge < -0.3 is 10.1 Å². The van der Waals surface area contributed by atoms with Crippen LogP contribution in [-0.2, 0) is 13.2 Å². The highest BCUT2D eigenvalue weighted by Gasteiger charge is 2.07. The van der Waals surface area contributed by atoms with Crippen LogP contribution in [0, 0.1) is 0 Å². The quantitative estimate of drug-likeness (QED) is 0.400. The lowest BCUT2D eigenvalue weighted by molar-refractivity contribution is 0.303. The average molecular weight is 472 g/mol. The predicted molar refractivity (Wildman–Crippen MR) is 114 cm³/mol. The minimum atomic E-state index is 0.393. The van der Waals surface area contributed by atoms with E-state index in [1.165, 1.54) is 0 Å². The summed E-state index contributed by atoms with van der Waals surface area (Å²) >= 11 is 21.6. The highest BCUT2D eigenvalue weighted by molar-refractivity contribution is 9.10. The molecule has 0 saturated heterocycles. The van der Waals surface area contributed by atoms with Gasteiger partial charge >= 0.3 is 0 Å². The van der Waals surface area contributed by atoms with Gasteiger partial charge in [-0.25, -0.2) is 0 Å². The van der Waals surface area contributed by atoms with Gasteiger partial charge in [-0.2, -0.15) is 0 Å². The zero-order valence-electron chi connectivity index (χ0n) is 13.6. The van der Waals surface area contributed by atoms with Crippen LogP contribution >= 0.6 is 50.7 Å². The molecule has 0 saturated carbocycles. The Morgan fingerprint density at radius 3 is 2.35 bits per heavy atom. The fourth-order valence-electron chi connectivity index (χ4n) is 2.38. The van der Waals surface area contributed by atoms with Crippen molar-refractivity contribution >= 4 is 56.4 Å². The molecule has 3 aromatic rings. The Bertz CT molecular complexity index is 900. The Hall–Kier alpha value is -1.39. The van der Waals surface area contributed by atoms with Crippen molar-refractivity contribution in [1.82, 2.24) is 0 Å². The summed E-state index contributed by atoms with van der Waals surface area (Å²) in [6.45, 7) is 0.989. The molecule has 0 fully saturated rings. The van der Waals surface area contributed by atoms with Crippen molar-refractivity contribution in [3.8, 4) is 5.75 Å². The monoisotopic (exact) mass is 469 g/mol. The van der Waals surface area contributed by atoms with Crippen molar-refractivity contribution in [2.45, 2.75) is 13.2 Å². The summed E-state index contributed by atoms with van der Waals surface area (Å²) in [5.41, 5.74) is 2.94. The van der Waals surface area contributed by atoms with Crippen LogP contribution in [0.25, 0.3) is 0 Å². The number of nitrogens with one attached hydrogen (secondary N) is 1. The molecular weight excluding hydrogens is 456 g/mol. The first kappa shape index (κ1) is 19.4. The second-order valence-electron chi connectivity index (χ2n) is 5.65. The molecule has 0 amide bonds. The van der Waals surface area contributed by atoms with Crippen molar-refractivity contribution in [3.05, 3.63) is 91.3 Å². The van der Waals surface area contributed by atoms with E-state index in [2.05, 4.69) is 21.2 Å². The molecule has 0 aromatic heterocycles. The normalized spacial score (nSPS) is 10.6. The molecule has 1 N–H and O–H groups in total. The third-order valence-electron chi connectivity index (χ3n) is 3.73. The van der Waals surface area contributed by atoms with E-state index in [0.717, 1.165) is 27.0 Å². The largest absolute Gasteiger partial charge is 0.489 e. The fourth-order valence-corrected chi connectivity index (χ4v) is 3.16. The first-order chi connectivity index (χ1) is 12.5. The molecule has 0 heterocycles. The minimum Gasteiger partial charge on any atom is -0.489 e. The smallest absolute Gasteiger partial charge is 0.124 e. The third kappa shape index (κ3) is 5.31. The van der Waals surface area contributed by atoms with Crippen LogP contribution < -0.4 is 10.1 Å². The molecule has 3 rings (SSSR count). The minimum absolute atomic E-state index is 0.393. The van der Waals surface area contributed by atoms with Gasteiger partial charge in [0.05, 0.1) is 10.0 Å². The van der Waals surface area contributed by atoms with Crippen LogP contribution in [0.5, 0.6) is 5.75 Å². The Balaban J connectivity index is 1.70. The second-order valence-corrected chi connectivity index (χ2v) is 7.82. The second kappa shape index (κ2) is 9.01. The van der Waals surface area contributed by atoms with Gasteiger partial charge in [0.25, 0.3) is 0 Å². The zero-order chi connectivity index (χ0) is 18.5. The van der Waals surface area contributed by atoms with E-state index in [-0.39, 0.29) is 0 Å². The van der Waals surface area contributed by atoms with Crippen LogP contribution in [0.2, 0.25) is 15.1 Å². The van der Waals surface area contributed by atoms with Crippen LogP contribution in [0.4, 0.5) is 5.69 Å². The van der Waals surface area contributed by atoms with E-state index < -0.39 is 0 Å². The van der Waals surface area contributed by atoms with Gasteiger partial charge in [-0.3, -0.25) is 0 Å². The lowest BCUT2D eigenvalue weighted by Crippen LogP contribution is -2.04. The Kier molecular flexibility index (Phi) is 6.71. The van der Waals surface area contributed by atoms with Gasteiger partial charge in [0.2, 0.25) is 0 Å². The molecule has 0 aliphatic carbocycles. The van der Waals surface area contributed by atoms with E-state index in [1.807, 2.05) is 48.5 Å². The van der Waals surface area contributed by atoms with Crippen LogP contribution in [0.15, 0.2) is 65.1 Å². The summed E-state index contributed by atoms with van der Waals surface area (Å²) in [6.07, 6.45) is 0. The number of benzene rings is 3. The van der Waals surface area contributed by atoms with Gasteiger partial charge in [0, 0.05) is 27.3 Å². The Morgan fingerprint density at radius 2 is 1.62 bits per heavy atom. The lowest BCUT2D eigenvalue weighted by atomic mass is 10.2. The summed E-state index contributed by atoms with van der Waals surface area (Å²) in [5, 5.41) is 5.08. The van der Waals surface area contributed by atoms with Gasteiger partial charge in [-0.05, 0) is 60.2 Å². The average Bonchev–Trinajstić information content (AvgIpc) is 2.63. The third-order valence-corrected chi connectivity index (χ3v) is 5.23. The van der Waals surface area contributed by atoms with E-state index in [0.29, 0.717) is 28.2 Å². The van der Waals surface area contributed by atoms with Gasteiger partial charge in [0.1, 0.15) is 12.4 Å². The molecule has 134 valence electrons. The standard InChI is InChI=1S/C20H15BrCl3NO/c21-15-2-5-17(6-3-15)25-11-14-10-16(22)4-8-20(14)26-12-13-1-7-18(23)19(24)9-13/h1-10,25H,11-12H2. The zero-order valence-corrected chi connectivity index (χ0v) is 17.5. The van der Waals surface area contributed by atoms with Crippen LogP contribution in [0.3, 0.4) is 0 Å². The molecule has 0 atom stereocenters. The van der Waals surface area contributed by atoms with E-state index in [9.17, 15) is 0 Å². The summed E-state index contributed by atoms with van der Waals surface area (Å²) in [5.74, 6) is 0.769.